The van der Waals surface area contributed by atoms with E-state index in [4.69, 9.17) is 22.3 Å². The fourth-order valence-electron chi connectivity index (χ4n) is 2.45. The minimum Gasteiger partial charge on any atom is -0.250 e. The Bertz CT molecular complexity index is 546. The molecule has 1 fully saturated rings. The van der Waals surface area contributed by atoms with Crippen LogP contribution in [-0.2, 0) is 9.05 Å². The Morgan fingerprint density at radius 1 is 1.33 bits per heavy atom. The first-order valence-electron chi connectivity index (χ1n) is 6.05. The lowest BCUT2D eigenvalue weighted by molar-refractivity contribution is 0.518. The number of hydrogen-bond acceptors (Lipinski definition) is 3. The molecule has 0 spiro atoms. The molecule has 0 amide bonds. The average molecular weight is 311 g/mol. The van der Waals surface area contributed by atoms with Crippen molar-refractivity contribution >= 4 is 31.3 Å². The van der Waals surface area contributed by atoms with E-state index in [1.54, 1.807) is 0 Å². The van der Waals surface area contributed by atoms with E-state index in [0.29, 0.717) is 5.69 Å². The van der Waals surface area contributed by atoms with Crippen molar-refractivity contribution in [1.82, 2.24) is 9.78 Å². The number of rotatable bonds is 3. The van der Waals surface area contributed by atoms with E-state index in [1.165, 1.54) is 4.68 Å². The van der Waals surface area contributed by atoms with Crippen molar-refractivity contribution in [2.75, 3.05) is 0 Å². The molecule has 0 unspecified atom stereocenters. The summed E-state index contributed by atoms with van der Waals surface area (Å²) in [4.78, 5) is 0.00596. The molecule has 1 saturated carbocycles. The van der Waals surface area contributed by atoms with Crippen LogP contribution >= 0.6 is 22.3 Å². The van der Waals surface area contributed by atoms with E-state index < -0.39 is 9.05 Å². The molecule has 0 aliphatic heterocycles. The van der Waals surface area contributed by atoms with Gasteiger partial charge in [0.25, 0.3) is 9.05 Å². The van der Waals surface area contributed by atoms with Gasteiger partial charge in [0.1, 0.15) is 10.0 Å². The van der Waals surface area contributed by atoms with Crippen LogP contribution in [0.1, 0.15) is 57.2 Å². The van der Waals surface area contributed by atoms with Crippen molar-refractivity contribution in [3.8, 4) is 0 Å². The maximum atomic E-state index is 11.7. The van der Waals surface area contributed by atoms with Gasteiger partial charge in [0, 0.05) is 22.6 Å². The van der Waals surface area contributed by atoms with Crippen LogP contribution in [0.3, 0.4) is 0 Å². The largest absolute Gasteiger partial charge is 0.266 e. The van der Waals surface area contributed by atoms with Crippen LogP contribution in [0.2, 0.25) is 5.15 Å². The zero-order valence-electron chi connectivity index (χ0n) is 10.4. The second-order valence-corrected chi connectivity index (χ2v) is 7.82. The van der Waals surface area contributed by atoms with Gasteiger partial charge < -0.3 is 0 Å². The van der Waals surface area contributed by atoms with Gasteiger partial charge in [-0.25, -0.2) is 13.1 Å². The van der Waals surface area contributed by atoms with E-state index in [1.807, 2.05) is 13.8 Å². The third-order valence-corrected chi connectivity index (χ3v) is 5.14. The van der Waals surface area contributed by atoms with E-state index >= 15 is 0 Å². The third kappa shape index (κ3) is 2.53. The maximum Gasteiger partial charge on any atom is 0.266 e. The molecule has 0 bridgehead atoms. The summed E-state index contributed by atoms with van der Waals surface area (Å²) in [5.41, 5.74) is 0.543. The van der Waals surface area contributed by atoms with Crippen LogP contribution in [-0.4, -0.2) is 18.2 Å². The van der Waals surface area contributed by atoms with Crippen LogP contribution < -0.4 is 0 Å². The first-order valence-corrected chi connectivity index (χ1v) is 8.73. The summed E-state index contributed by atoms with van der Waals surface area (Å²) in [6.45, 7) is 3.81. The highest BCUT2D eigenvalue weighted by molar-refractivity contribution is 8.13. The molecule has 7 heteroatoms. The standard InChI is InChI=1S/C11H16Cl2N2O2S/c1-7(2)15-11(12)10(18(13,16)17)9(14-15)8-5-3-4-6-8/h7-8H,3-6H2,1-2H3. The predicted octanol–water partition coefficient (Wildman–Crippen LogP) is 3.70. The summed E-state index contributed by atoms with van der Waals surface area (Å²) in [5.74, 6) is 0.158. The van der Waals surface area contributed by atoms with Gasteiger partial charge in [-0.05, 0) is 26.7 Å². The molecule has 102 valence electrons. The molecule has 0 N–H and O–H groups in total. The average Bonchev–Trinajstić information content (AvgIpc) is 2.81. The Morgan fingerprint density at radius 3 is 2.33 bits per heavy atom. The lowest BCUT2D eigenvalue weighted by Gasteiger charge is -2.07. The highest BCUT2D eigenvalue weighted by Gasteiger charge is 2.32. The molecule has 0 atom stereocenters. The number of nitrogens with zero attached hydrogens (tertiary/aromatic N) is 2. The van der Waals surface area contributed by atoms with Crippen molar-refractivity contribution in [2.24, 2.45) is 0 Å². The first kappa shape index (κ1) is 14.2. The van der Waals surface area contributed by atoms with Crippen LogP contribution in [0, 0.1) is 0 Å². The fourth-order valence-corrected chi connectivity index (χ4v) is 4.41. The molecule has 1 aliphatic carbocycles. The van der Waals surface area contributed by atoms with Crippen LogP contribution in [0.15, 0.2) is 4.90 Å². The minimum absolute atomic E-state index is 0.00446. The molecule has 1 aromatic heterocycles. The molecule has 1 aliphatic rings. The van der Waals surface area contributed by atoms with Crippen molar-refractivity contribution in [3.63, 3.8) is 0 Å². The molecule has 1 aromatic rings. The van der Waals surface area contributed by atoms with Gasteiger partial charge in [-0.15, -0.1) is 0 Å². The van der Waals surface area contributed by atoms with Gasteiger partial charge in [-0.2, -0.15) is 5.10 Å². The molecule has 1 heterocycles. The Labute approximate surface area is 117 Å². The van der Waals surface area contributed by atoms with Crippen molar-refractivity contribution < 1.29 is 8.42 Å². The molecule has 0 aromatic carbocycles. The number of hydrogen-bond donors (Lipinski definition) is 0. The first-order chi connectivity index (χ1) is 8.32. The summed E-state index contributed by atoms with van der Waals surface area (Å²) in [5, 5.41) is 4.51. The molecule has 4 nitrogen and oxygen atoms in total. The van der Waals surface area contributed by atoms with Gasteiger partial charge in [0.05, 0.1) is 5.69 Å². The van der Waals surface area contributed by atoms with E-state index in [-0.39, 0.29) is 22.0 Å². The van der Waals surface area contributed by atoms with Gasteiger partial charge >= 0.3 is 0 Å². The Morgan fingerprint density at radius 2 is 1.89 bits per heavy atom. The Balaban J connectivity index is 2.60. The SMILES string of the molecule is CC(C)n1nc(C2CCCC2)c(S(=O)(=O)Cl)c1Cl. The zero-order chi connectivity index (χ0) is 13.5. The summed E-state index contributed by atoms with van der Waals surface area (Å²) in [7, 11) is 1.64. The van der Waals surface area contributed by atoms with E-state index in [9.17, 15) is 8.42 Å². The molecule has 2 rings (SSSR count). The topological polar surface area (TPSA) is 52.0 Å². The van der Waals surface area contributed by atoms with E-state index in [2.05, 4.69) is 5.10 Å². The fraction of sp³-hybridized carbons (Fsp3) is 0.727. The molecular weight excluding hydrogens is 295 g/mol. The van der Waals surface area contributed by atoms with Crippen LogP contribution in [0.25, 0.3) is 0 Å². The summed E-state index contributed by atoms with van der Waals surface area (Å²) >= 11 is 6.12. The second-order valence-electron chi connectivity index (χ2n) is 4.96. The van der Waals surface area contributed by atoms with Gasteiger partial charge in [-0.3, -0.25) is 0 Å². The van der Waals surface area contributed by atoms with Gasteiger partial charge in [0.2, 0.25) is 0 Å². The Hall–Kier alpha value is -0.260. The highest BCUT2D eigenvalue weighted by Crippen LogP contribution is 2.40. The van der Waals surface area contributed by atoms with Crippen LogP contribution in [0.5, 0.6) is 0 Å². The van der Waals surface area contributed by atoms with Crippen molar-refractivity contribution in [2.45, 2.75) is 56.4 Å². The molecule has 18 heavy (non-hydrogen) atoms. The number of aromatic nitrogens is 2. The zero-order valence-corrected chi connectivity index (χ0v) is 12.7. The Kier molecular flexibility index (Phi) is 3.95. The molecule has 0 radical (unpaired) electrons. The quantitative estimate of drug-likeness (QED) is 0.800. The molecular formula is C11H16Cl2N2O2S. The summed E-state index contributed by atoms with van der Waals surface area (Å²) < 4.78 is 24.9. The van der Waals surface area contributed by atoms with Crippen LogP contribution in [0.4, 0.5) is 0 Å². The predicted molar refractivity (Wildman–Crippen MR) is 71.9 cm³/mol. The third-order valence-electron chi connectivity index (χ3n) is 3.31. The van der Waals surface area contributed by atoms with Gasteiger partial charge in [-0.1, -0.05) is 24.4 Å². The normalized spacial score (nSPS) is 17.8. The molecule has 0 saturated heterocycles. The van der Waals surface area contributed by atoms with Crippen molar-refractivity contribution in [1.29, 1.82) is 0 Å². The lowest BCUT2D eigenvalue weighted by atomic mass is 10.1. The maximum absolute atomic E-state index is 11.7. The lowest BCUT2D eigenvalue weighted by Crippen LogP contribution is -2.04. The monoisotopic (exact) mass is 310 g/mol. The number of halogens is 2. The summed E-state index contributed by atoms with van der Waals surface area (Å²) in [6.07, 6.45) is 4.09. The van der Waals surface area contributed by atoms with Crippen molar-refractivity contribution in [3.05, 3.63) is 10.8 Å². The summed E-state index contributed by atoms with van der Waals surface area (Å²) in [6, 6.07) is 0.00446. The van der Waals surface area contributed by atoms with Gasteiger partial charge in [0.15, 0.2) is 0 Å². The van der Waals surface area contributed by atoms with E-state index in [0.717, 1.165) is 25.7 Å². The minimum atomic E-state index is -3.86. The highest BCUT2D eigenvalue weighted by atomic mass is 35.7. The second kappa shape index (κ2) is 5.02. The smallest absolute Gasteiger partial charge is 0.250 e.